The lowest BCUT2D eigenvalue weighted by atomic mass is 9.97. The first kappa shape index (κ1) is 17.3. The van der Waals surface area contributed by atoms with Crippen LogP contribution in [0, 0.1) is 5.92 Å². The minimum Gasteiger partial charge on any atom is -0.497 e. The smallest absolute Gasteiger partial charge is 0.227 e. The second-order valence-electron chi connectivity index (χ2n) is 6.75. The normalized spacial score (nSPS) is 17.1. The van der Waals surface area contributed by atoms with Gasteiger partial charge in [-0.1, -0.05) is 18.2 Å². The molecule has 1 saturated heterocycles. The molecule has 3 aromatic rings. The number of anilines is 1. The summed E-state index contributed by atoms with van der Waals surface area (Å²) in [6, 6.07) is 17.5. The molecule has 0 N–H and O–H groups in total. The number of aromatic nitrogens is 1. The summed E-state index contributed by atoms with van der Waals surface area (Å²) in [7, 11) is 1.64. The number of rotatable bonds is 5. The molecular formula is C22H22N2O3. The van der Waals surface area contributed by atoms with Crippen LogP contribution in [0.2, 0.25) is 0 Å². The lowest BCUT2D eigenvalue weighted by Gasteiger charge is -2.32. The molecule has 1 aliphatic heterocycles. The highest BCUT2D eigenvalue weighted by molar-refractivity contribution is 5.94. The molecule has 4 rings (SSSR count). The molecule has 27 heavy (non-hydrogen) atoms. The van der Waals surface area contributed by atoms with E-state index in [1.54, 1.807) is 13.3 Å². The van der Waals surface area contributed by atoms with Gasteiger partial charge in [0.05, 0.1) is 13.7 Å². The van der Waals surface area contributed by atoms with Crippen LogP contribution in [-0.2, 0) is 4.79 Å². The van der Waals surface area contributed by atoms with Crippen molar-refractivity contribution in [1.29, 1.82) is 0 Å². The van der Waals surface area contributed by atoms with E-state index in [-0.39, 0.29) is 11.8 Å². The molecule has 1 fully saturated rings. The van der Waals surface area contributed by atoms with Crippen LogP contribution in [0.4, 0.5) is 5.69 Å². The Morgan fingerprint density at radius 3 is 2.74 bits per heavy atom. The number of fused-ring (bicyclic) bond motifs is 1. The van der Waals surface area contributed by atoms with Gasteiger partial charge in [-0.05, 0) is 42.8 Å². The summed E-state index contributed by atoms with van der Waals surface area (Å²) in [5.41, 5.74) is 1.77. The zero-order valence-electron chi connectivity index (χ0n) is 15.3. The second kappa shape index (κ2) is 7.66. The molecule has 1 atom stereocenters. The molecule has 0 bridgehead atoms. The van der Waals surface area contributed by atoms with Crippen LogP contribution in [0.5, 0.6) is 11.5 Å². The number of piperidine rings is 1. The molecule has 5 nitrogen and oxygen atoms in total. The maximum Gasteiger partial charge on any atom is 0.227 e. The van der Waals surface area contributed by atoms with Gasteiger partial charge in [0.1, 0.15) is 17.0 Å². The van der Waals surface area contributed by atoms with E-state index in [4.69, 9.17) is 9.47 Å². The van der Waals surface area contributed by atoms with Gasteiger partial charge in [0, 0.05) is 36.2 Å². The van der Waals surface area contributed by atoms with Crippen LogP contribution in [-0.4, -0.2) is 31.2 Å². The molecule has 5 heteroatoms. The van der Waals surface area contributed by atoms with E-state index in [9.17, 15) is 4.79 Å². The van der Waals surface area contributed by atoms with Crippen LogP contribution in [0.3, 0.4) is 0 Å². The molecule has 1 aromatic heterocycles. The van der Waals surface area contributed by atoms with Gasteiger partial charge >= 0.3 is 0 Å². The molecule has 138 valence electrons. The predicted octanol–water partition coefficient (Wildman–Crippen LogP) is 4.07. The average molecular weight is 362 g/mol. The maximum absolute atomic E-state index is 12.4. The van der Waals surface area contributed by atoms with Crippen molar-refractivity contribution < 1.29 is 14.3 Å². The Labute approximate surface area is 158 Å². The first-order chi connectivity index (χ1) is 13.2. The molecule has 0 saturated carbocycles. The molecule has 0 spiro atoms. The van der Waals surface area contributed by atoms with Crippen molar-refractivity contribution in [2.45, 2.75) is 12.8 Å². The fourth-order valence-corrected chi connectivity index (χ4v) is 3.46. The Bertz CT molecular complexity index is 934. The standard InChI is InChI=1S/C22H22N2O3/c1-26-19-10-8-18(9-11-19)24-14-16(7-12-21(24)25)15-27-20-6-2-4-17-5-3-13-23-22(17)20/h2-6,8-11,13,16H,7,12,14-15H2,1H3. The van der Waals surface area contributed by atoms with Crippen molar-refractivity contribution in [2.24, 2.45) is 5.92 Å². The number of amides is 1. The number of hydrogen-bond acceptors (Lipinski definition) is 4. The number of pyridine rings is 1. The zero-order valence-corrected chi connectivity index (χ0v) is 15.3. The van der Waals surface area contributed by atoms with E-state index in [1.807, 2.05) is 59.5 Å². The minimum absolute atomic E-state index is 0.156. The van der Waals surface area contributed by atoms with Crippen LogP contribution in [0.15, 0.2) is 60.8 Å². The molecular weight excluding hydrogens is 340 g/mol. The van der Waals surface area contributed by atoms with Crippen molar-refractivity contribution in [3.63, 3.8) is 0 Å². The van der Waals surface area contributed by atoms with Gasteiger partial charge in [-0.25, -0.2) is 0 Å². The number of methoxy groups -OCH3 is 1. The summed E-state index contributed by atoms with van der Waals surface area (Å²) >= 11 is 0. The highest BCUT2D eigenvalue weighted by Gasteiger charge is 2.27. The monoisotopic (exact) mass is 362 g/mol. The molecule has 1 aliphatic rings. The van der Waals surface area contributed by atoms with E-state index in [0.29, 0.717) is 19.6 Å². The van der Waals surface area contributed by atoms with Gasteiger partial charge in [-0.3, -0.25) is 9.78 Å². The van der Waals surface area contributed by atoms with Crippen molar-refractivity contribution in [1.82, 2.24) is 4.98 Å². The number of nitrogens with zero attached hydrogens (tertiary/aromatic N) is 2. The van der Waals surface area contributed by atoms with E-state index in [0.717, 1.165) is 34.5 Å². The highest BCUT2D eigenvalue weighted by Crippen LogP contribution is 2.28. The number of carbonyl (C=O) groups is 1. The summed E-state index contributed by atoms with van der Waals surface area (Å²) in [4.78, 5) is 18.7. The van der Waals surface area contributed by atoms with E-state index >= 15 is 0 Å². The van der Waals surface area contributed by atoms with Crippen molar-refractivity contribution in [3.05, 3.63) is 60.8 Å². The summed E-state index contributed by atoms with van der Waals surface area (Å²) < 4.78 is 11.3. The summed E-state index contributed by atoms with van der Waals surface area (Å²) in [6.07, 6.45) is 3.15. The summed E-state index contributed by atoms with van der Waals surface area (Å²) in [6.45, 7) is 1.22. The lowest BCUT2D eigenvalue weighted by molar-refractivity contribution is -0.120. The number of ether oxygens (including phenoxy) is 2. The van der Waals surface area contributed by atoms with Crippen LogP contribution in [0.25, 0.3) is 10.9 Å². The third kappa shape index (κ3) is 3.72. The summed E-state index contributed by atoms with van der Waals surface area (Å²) in [5, 5.41) is 1.06. The highest BCUT2D eigenvalue weighted by atomic mass is 16.5. The van der Waals surface area contributed by atoms with E-state index in [1.165, 1.54) is 0 Å². The first-order valence-corrected chi connectivity index (χ1v) is 9.15. The third-order valence-corrected chi connectivity index (χ3v) is 4.96. The number of carbonyl (C=O) groups excluding carboxylic acids is 1. The van der Waals surface area contributed by atoms with Crippen molar-refractivity contribution >= 4 is 22.5 Å². The summed E-state index contributed by atoms with van der Waals surface area (Å²) in [5.74, 6) is 2.01. The Hall–Kier alpha value is -3.08. The zero-order chi connectivity index (χ0) is 18.6. The van der Waals surface area contributed by atoms with Gasteiger partial charge in [0.25, 0.3) is 0 Å². The van der Waals surface area contributed by atoms with Gasteiger partial charge < -0.3 is 14.4 Å². The first-order valence-electron chi connectivity index (χ1n) is 9.15. The Morgan fingerprint density at radius 2 is 1.93 bits per heavy atom. The van der Waals surface area contributed by atoms with Crippen LogP contribution < -0.4 is 14.4 Å². The van der Waals surface area contributed by atoms with Gasteiger partial charge in [-0.2, -0.15) is 0 Å². The van der Waals surface area contributed by atoms with Gasteiger partial charge in [0.15, 0.2) is 0 Å². The number of para-hydroxylation sites is 1. The number of benzene rings is 2. The third-order valence-electron chi connectivity index (χ3n) is 4.96. The maximum atomic E-state index is 12.4. The Morgan fingerprint density at radius 1 is 1.11 bits per heavy atom. The van der Waals surface area contributed by atoms with Gasteiger partial charge in [-0.15, -0.1) is 0 Å². The lowest BCUT2D eigenvalue weighted by Crippen LogP contribution is -2.41. The molecule has 0 aliphatic carbocycles. The van der Waals surface area contributed by atoms with E-state index in [2.05, 4.69) is 4.98 Å². The van der Waals surface area contributed by atoms with Gasteiger partial charge in [0.2, 0.25) is 5.91 Å². The molecule has 0 radical (unpaired) electrons. The minimum atomic E-state index is 0.156. The van der Waals surface area contributed by atoms with Crippen LogP contribution in [0.1, 0.15) is 12.8 Å². The largest absolute Gasteiger partial charge is 0.497 e. The predicted molar refractivity (Wildman–Crippen MR) is 105 cm³/mol. The molecule has 2 aromatic carbocycles. The topological polar surface area (TPSA) is 51.7 Å². The fourth-order valence-electron chi connectivity index (χ4n) is 3.46. The molecule has 1 amide bonds. The Kier molecular flexibility index (Phi) is 4.92. The van der Waals surface area contributed by atoms with Crippen molar-refractivity contribution in [3.8, 4) is 11.5 Å². The average Bonchev–Trinajstić information content (AvgIpc) is 2.73. The molecule has 2 heterocycles. The fraction of sp³-hybridized carbons (Fsp3) is 0.273. The second-order valence-corrected chi connectivity index (χ2v) is 6.75. The van der Waals surface area contributed by atoms with E-state index < -0.39 is 0 Å². The molecule has 1 unspecified atom stereocenters. The quantitative estimate of drug-likeness (QED) is 0.687. The van der Waals surface area contributed by atoms with Crippen LogP contribution >= 0.6 is 0 Å². The van der Waals surface area contributed by atoms with Crippen molar-refractivity contribution in [2.75, 3.05) is 25.2 Å². The SMILES string of the molecule is COc1ccc(N2CC(COc3cccc4cccnc34)CCC2=O)cc1. The number of hydrogen-bond donors (Lipinski definition) is 0. The Balaban J connectivity index is 1.45.